The van der Waals surface area contributed by atoms with Crippen molar-refractivity contribution < 1.29 is 4.79 Å². The van der Waals surface area contributed by atoms with Crippen molar-refractivity contribution in [2.24, 2.45) is 5.41 Å². The number of aldehydes is 1. The number of allylic oxidation sites excluding steroid dienone is 2. The van der Waals surface area contributed by atoms with E-state index in [4.69, 9.17) is 0 Å². The van der Waals surface area contributed by atoms with Crippen LogP contribution in [0.25, 0.3) is 0 Å². The Hall–Kier alpha value is -0.590. The van der Waals surface area contributed by atoms with Gasteiger partial charge in [0.05, 0.1) is 0 Å². The van der Waals surface area contributed by atoms with Crippen LogP contribution in [0.2, 0.25) is 0 Å². The molecule has 1 heteroatoms. The molecule has 0 heterocycles. The quantitative estimate of drug-likeness (QED) is 0.425. The molecule has 58 valence electrons. The van der Waals surface area contributed by atoms with Gasteiger partial charge >= 0.3 is 0 Å². The normalized spacial score (nSPS) is 13.4. The van der Waals surface area contributed by atoms with Gasteiger partial charge in [0.1, 0.15) is 6.29 Å². The second-order valence-electron chi connectivity index (χ2n) is 3.56. The number of carbonyl (C=O) groups is 1. The summed E-state index contributed by atoms with van der Waals surface area (Å²) in [6, 6.07) is 0. The summed E-state index contributed by atoms with van der Waals surface area (Å²) < 4.78 is 0. The van der Waals surface area contributed by atoms with Gasteiger partial charge in [-0.15, -0.1) is 0 Å². The molecule has 10 heavy (non-hydrogen) atoms. The Morgan fingerprint density at radius 1 is 1.40 bits per heavy atom. The van der Waals surface area contributed by atoms with Crippen LogP contribution in [-0.4, -0.2) is 6.29 Å². The minimum Gasteiger partial charge on any atom is -0.298 e. The van der Waals surface area contributed by atoms with Crippen molar-refractivity contribution in [1.29, 1.82) is 0 Å². The van der Waals surface area contributed by atoms with Gasteiger partial charge in [0.2, 0.25) is 0 Å². The van der Waals surface area contributed by atoms with Gasteiger partial charge in [-0.25, -0.2) is 0 Å². The molecule has 0 aromatic carbocycles. The molecular weight excluding hydrogens is 124 g/mol. The van der Waals surface area contributed by atoms with Crippen LogP contribution >= 0.6 is 0 Å². The summed E-state index contributed by atoms with van der Waals surface area (Å²) in [5.41, 5.74) is 1.03. The number of hydrogen-bond acceptors (Lipinski definition) is 1. The lowest BCUT2D eigenvalue weighted by Gasteiger charge is -2.12. The highest BCUT2D eigenvalue weighted by molar-refractivity contribution is 5.73. The lowest BCUT2D eigenvalue weighted by atomic mass is 9.93. The Kier molecular flexibility index (Phi) is 3.34. The van der Waals surface area contributed by atoms with Crippen LogP contribution in [0.3, 0.4) is 0 Å². The highest BCUT2D eigenvalue weighted by Crippen LogP contribution is 2.17. The molecule has 0 fully saturated rings. The summed E-state index contributed by atoms with van der Waals surface area (Å²) in [6.07, 6.45) is 3.78. The van der Waals surface area contributed by atoms with E-state index in [1.165, 1.54) is 0 Å². The zero-order chi connectivity index (χ0) is 8.20. The molecule has 0 aliphatic carbocycles. The molecule has 0 aliphatic rings. The van der Waals surface area contributed by atoms with Crippen LogP contribution in [0.5, 0.6) is 0 Å². The average molecular weight is 140 g/mol. The van der Waals surface area contributed by atoms with Crippen molar-refractivity contribution >= 4 is 6.29 Å². The van der Waals surface area contributed by atoms with E-state index in [1.807, 2.05) is 13.0 Å². The Morgan fingerprint density at radius 2 is 1.90 bits per heavy atom. The molecule has 0 amide bonds. The van der Waals surface area contributed by atoms with E-state index in [0.717, 1.165) is 18.3 Å². The van der Waals surface area contributed by atoms with E-state index in [1.54, 1.807) is 0 Å². The van der Waals surface area contributed by atoms with E-state index in [9.17, 15) is 4.79 Å². The third-order valence-corrected chi connectivity index (χ3v) is 1.18. The highest BCUT2D eigenvalue weighted by atomic mass is 16.1. The summed E-state index contributed by atoms with van der Waals surface area (Å²) in [5, 5.41) is 0. The fourth-order valence-corrected chi connectivity index (χ4v) is 0.776. The minimum atomic E-state index is 0.131. The molecule has 0 aliphatic heterocycles. The maximum absolute atomic E-state index is 10.3. The van der Waals surface area contributed by atoms with E-state index in [-0.39, 0.29) is 5.41 Å². The fraction of sp³-hybridized carbons (Fsp3) is 0.667. The van der Waals surface area contributed by atoms with Crippen molar-refractivity contribution in [3.8, 4) is 0 Å². The van der Waals surface area contributed by atoms with Crippen molar-refractivity contribution in [2.75, 3.05) is 0 Å². The largest absolute Gasteiger partial charge is 0.298 e. The van der Waals surface area contributed by atoms with E-state index < -0.39 is 0 Å². The zero-order valence-corrected chi connectivity index (χ0v) is 7.27. The van der Waals surface area contributed by atoms with Gasteiger partial charge in [0, 0.05) is 0 Å². The number of carbonyl (C=O) groups excluding carboxylic acids is 1. The minimum absolute atomic E-state index is 0.131. The molecular formula is C9H16O. The van der Waals surface area contributed by atoms with Crippen LogP contribution in [0.15, 0.2) is 11.6 Å². The maximum Gasteiger partial charge on any atom is 0.145 e. The monoisotopic (exact) mass is 140 g/mol. The molecule has 0 spiro atoms. The maximum atomic E-state index is 10.3. The van der Waals surface area contributed by atoms with Gasteiger partial charge in [-0.3, -0.25) is 4.79 Å². The van der Waals surface area contributed by atoms with E-state index in [2.05, 4.69) is 20.8 Å². The zero-order valence-electron chi connectivity index (χ0n) is 7.27. The third-order valence-electron chi connectivity index (χ3n) is 1.18. The lowest BCUT2D eigenvalue weighted by Crippen LogP contribution is -2.01. The van der Waals surface area contributed by atoms with Crippen LogP contribution in [0, 0.1) is 5.41 Å². The van der Waals surface area contributed by atoms with Crippen molar-refractivity contribution in [2.45, 2.75) is 34.1 Å². The van der Waals surface area contributed by atoms with Crippen molar-refractivity contribution in [3.63, 3.8) is 0 Å². The molecule has 0 unspecified atom stereocenters. The topological polar surface area (TPSA) is 17.1 Å². The fourth-order valence-electron chi connectivity index (χ4n) is 0.776. The standard InChI is InChI=1S/C9H16O/c1-5-8(7-10)6-9(2,3)4/h6-7H,5H2,1-4H3. The summed E-state index contributed by atoms with van der Waals surface area (Å²) >= 11 is 0. The third kappa shape index (κ3) is 4.30. The molecule has 0 aromatic rings. The first kappa shape index (κ1) is 9.41. The predicted molar refractivity (Wildman–Crippen MR) is 43.9 cm³/mol. The first-order valence-corrected chi connectivity index (χ1v) is 3.66. The van der Waals surface area contributed by atoms with Gasteiger partial charge in [0.15, 0.2) is 0 Å². The first-order chi connectivity index (χ1) is 4.49. The van der Waals surface area contributed by atoms with Gasteiger partial charge in [-0.1, -0.05) is 33.8 Å². The van der Waals surface area contributed by atoms with Crippen LogP contribution in [0.1, 0.15) is 34.1 Å². The summed E-state index contributed by atoms with van der Waals surface area (Å²) in [4.78, 5) is 10.3. The number of hydrogen-bond donors (Lipinski definition) is 0. The molecule has 0 N–H and O–H groups in total. The van der Waals surface area contributed by atoms with Gasteiger partial charge in [-0.05, 0) is 17.4 Å². The lowest BCUT2D eigenvalue weighted by molar-refractivity contribution is -0.105. The molecule has 0 saturated carbocycles. The molecule has 0 atom stereocenters. The van der Waals surface area contributed by atoms with E-state index >= 15 is 0 Å². The Bertz CT molecular complexity index is 137. The molecule has 0 saturated heterocycles. The molecule has 0 radical (unpaired) electrons. The second kappa shape index (κ2) is 3.55. The van der Waals surface area contributed by atoms with Gasteiger partial charge < -0.3 is 0 Å². The first-order valence-electron chi connectivity index (χ1n) is 3.66. The summed E-state index contributed by atoms with van der Waals surface area (Å²) in [5.74, 6) is 0. The Balaban J connectivity index is 4.24. The van der Waals surface area contributed by atoms with Crippen LogP contribution in [0.4, 0.5) is 0 Å². The van der Waals surface area contributed by atoms with Crippen LogP contribution < -0.4 is 0 Å². The number of rotatable bonds is 2. The van der Waals surface area contributed by atoms with Gasteiger partial charge in [-0.2, -0.15) is 0 Å². The molecule has 0 bridgehead atoms. The molecule has 0 aromatic heterocycles. The molecule has 1 nitrogen and oxygen atoms in total. The molecule has 0 rings (SSSR count). The Labute approximate surface area is 63.1 Å². The smallest absolute Gasteiger partial charge is 0.145 e. The second-order valence-corrected chi connectivity index (χ2v) is 3.56. The summed E-state index contributed by atoms with van der Waals surface area (Å²) in [6.45, 7) is 8.26. The van der Waals surface area contributed by atoms with Gasteiger partial charge in [0.25, 0.3) is 0 Å². The average Bonchev–Trinajstić information content (AvgIpc) is 1.81. The predicted octanol–water partition coefficient (Wildman–Crippen LogP) is 2.57. The summed E-state index contributed by atoms with van der Waals surface area (Å²) in [7, 11) is 0. The Morgan fingerprint density at radius 3 is 2.00 bits per heavy atom. The SMILES string of the molecule is CCC(C=O)=CC(C)(C)C. The highest BCUT2D eigenvalue weighted by Gasteiger charge is 2.06. The van der Waals surface area contributed by atoms with Crippen LogP contribution in [-0.2, 0) is 4.79 Å². The van der Waals surface area contributed by atoms with Crippen molar-refractivity contribution in [1.82, 2.24) is 0 Å². The van der Waals surface area contributed by atoms with E-state index in [0.29, 0.717) is 0 Å². The van der Waals surface area contributed by atoms with Crippen molar-refractivity contribution in [3.05, 3.63) is 11.6 Å².